The van der Waals surface area contributed by atoms with Crippen molar-refractivity contribution in [1.82, 2.24) is 15.2 Å². The zero-order valence-electron chi connectivity index (χ0n) is 13.4. The molecule has 0 radical (unpaired) electrons. The Kier molecular flexibility index (Phi) is 4.02. The highest BCUT2D eigenvalue weighted by Gasteiger charge is 2.15. The van der Waals surface area contributed by atoms with Crippen LogP contribution in [-0.2, 0) is 0 Å². The number of hydrogen-bond donors (Lipinski definition) is 1. The zero-order valence-corrected chi connectivity index (χ0v) is 14.2. The van der Waals surface area contributed by atoms with Crippen molar-refractivity contribution in [1.29, 1.82) is 0 Å². The number of nitrogens with one attached hydrogen (secondary N) is 1. The summed E-state index contributed by atoms with van der Waals surface area (Å²) in [6.45, 7) is 2.94. The number of aromatic nitrogens is 3. The van der Waals surface area contributed by atoms with E-state index in [1.807, 2.05) is 25.1 Å². The lowest BCUT2D eigenvalue weighted by Crippen LogP contribution is -2.15. The number of anilines is 1. The van der Waals surface area contributed by atoms with Crippen LogP contribution in [-0.4, -0.2) is 34.3 Å². The Bertz CT molecular complexity index is 924. The minimum absolute atomic E-state index is 0.266. The van der Waals surface area contributed by atoms with Crippen LogP contribution in [0.5, 0.6) is 11.5 Å². The molecule has 7 nitrogen and oxygen atoms in total. The van der Waals surface area contributed by atoms with Gasteiger partial charge in [-0.15, -0.1) is 10.2 Å². The fourth-order valence-corrected chi connectivity index (χ4v) is 3.07. The largest absolute Gasteiger partial charge is 0.486 e. The number of aryl methyl sites for hydroxylation is 1. The van der Waals surface area contributed by atoms with Gasteiger partial charge in [0.2, 0.25) is 5.13 Å². The Morgan fingerprint density at radius 2 is 1.96 bits per heavy atom. The number of amides is 1. The Morgan fingerprint density at radius 3 is 2.76 bits per heavy atom. The number of pyridine rings is 1. The number of ether oxygens (including phenoxy) is 2. The average molecular weight is 354 g/mol. The molecule has 1 amide bonds. The van der Waals surface area contributed by atoms with E-state index >= 15 is 0 Å². The van der Waals surface area contributed by atoms with Crippen molar-refractivity contribution in [3.8, 4) is 22.1 Å². The topological polar surface area (TPSA) is 86.2 Å². The fourth-order valence-electron chi connectivity index (χ4n) is 2.34. The van der Waals surface area contributed by atoms with Crippen molar-refractivity contribution in [2.45, 2.75) is 6.92 Å². The summed E-state index contributed by atoms with van der Waals surface area (Å²) in [6, 6.07) is 9.12. The molecule has 0 fully saturated rings. The zero-order chi connectivity index (χ0) is 17.2. The lowest BCUT2D eigenvalue weighted by Gasteiger charge is -2.18. The van der Waals surface area contributed by atoms with Crippen LogP contribution in [0.15, 0.2) is 36.5 Å². The highest BCUT2D eigenvalue weighted by Crippen LogP contribution is 2.36. The van der Waals surface area contributed by atoms with E-state index in [1.165, 1.54) is 17.5 Å². The summed E-state index contributed by atoms with van der Waals surface area (Å²) < 4.78 is 11.1. The third-order valence-electron chi connectivity index (χ3n) is 3.61. The minimum atomic E-state index is -0.266. The van der Waals surface area contributed by atoms with E-state index in [4.69, 9.17) is 9.47 Å². The van der Waals surface area contributed by atoms with Crippen molar-refractivity contribution in [2.24, 2.45) is 0 Å². The normalized spacial score (nSPS) is 12.7. The summed E-state index contributed by atoms with van der Waals surface area (Å²) in [5, 5.41) is 12.0. The van der Waals surface area contributed by atoms with Gasteiger partial charge < -0.3 is 9.47 Å². The molecular formula is C17H14N4O3S. The van der Waals surface area contributed by atoms with Crippen LogP contribution in [0.1, 0.15) is 16.1 Å². The molecule has 0 spiro atoms. The second-order valence-electron chi connectivity index (χ2n) is 5.41. The summed E-state index contributed by atoms with van der Waals surface area (Å²) in [5.74, 6) is 1.15. The number of rotatable bonds is 3. The highest BCUT2D eigenvalue weighted by atomic mass is 32.1. The first-order valence-corrected chi connectivity index (χ1v) is 8.48. The van der Waals surface area contributed by atoms with Crippen molar-refractivity contribution in [2.75, 3.05) is 18.5 Å². The Hall–Kier alpha value is -3.00. The van der Waals surface area contributed by atoms with Crippen LogP contribution in [0.2, 0.25) is 0 Å². The van der Waals surface area contributed by atoms with E-state index in [9.17, 15) is 4.79 Å². The molecule has 0 saturated heterocycles. The first-order chi connectivity index (χ1) is 12.2. The Balaban J connectivity index is 1.52. The lowest BCUT2D eigenvalue weighted by atomic mass is 10.2. The number of fused-ring (bicyclic) bond motifs is 1. The van der Waals surface area contributed by atoms with Crippen molar-refractivity contribution < 1.29 is 14.3 Å². The number of carbonyl (C=O) groups is 1. The van der Waals surface area contributed by atoms with Crippen LogP contribution in [0, 0.1) is 6.92 Å². The van der Waals surface area contributed by atoms with Gasteiger partial charge in [0.05, 0.1) is 5.56 Å². The summed E-state index contributed by atoms with van der Waals surface area (Å²) in [5.41, 5.74) is 2.19. The van der Waals surface area contributed by atoms with E-state index in [2.05, 4.69) is 20.5 Å². The van der Waals surface area contributed by atoms with Gasteiger partial charge in [-0.3, -0.25) is 15.1 Å². The van der Waals surface area contributed by atoms with Crippen molar-refractivity contribution in [3.63, 3.8) is 0 Å². The maximum absolute atomic E-state index is 12.2. The standard InChI is InChI=1S/C17H14N4O3S/c1-10-2-3-12(9-18-10)15(22)19-17-21-20-16(25-17)11-4-5-13-14(8-11)24-7-6-23-13/h2-5,8-9H,6-7H2,1H3,(H,19,21,22). The molecule has 3 heterocycles. The molecule has 25 heavy (non-hydrogen) atoms. The molecular weight excluding hydrogens is 340 g/mol. The summed E-state index contributed by atoms with van der Waals surface area (Å²) in [7, 11) is 0. The second kappa shape index (κ2) is 6.48. The third-order valence-corrected chi connectivity index (χ3v) is 4.50. The average Bonchev–Trinajstić information content (AvgIpc) is 3.10. The molecule has 0 unspecified atom stereocenters. The van der Waals surface area contributed by atoms with Gasteiger partial charge in [-0.05, 0) is 37.3 Å². The van der Waals surface area contributed by atoms with Crippen LogP contribution >= 0.6 is 11.3 Å². The molecule has 0 bridgehead atoms. The maximum Gasteiger partial charge on any atom is 0.259 e. The predicted octanol–water partition coefficient (Wildman–Crippen LogP) is 2.93. The van der Waals surface area contributed by atoms with Gasteiger partial charge in [0, 0.05) is 17.5 Å². The van der Waals surface area contributed by atoms with Gasteiger partial charge in [-0.1, -0.05) is 11.3 Å². The first kappa shape index (κ1) is 15.5. The first-order valence-electron chi connectivity index (χ1n) is 7.66. The molecule has 2 aromatic heterocycles. The van der Waals surface area contributed by atoms with Crippen molar-refractivity contribution in [3.05, 3.63) is 47.8 Å². The second-order valence-corrected chi connectivity index (χ2v) is 6.39. The SMILES string of the molecule is Cc1ccc(C(=O)Nc2nnc(-c3ccc4c(c3)OCCO4)s2)cn1. The molecule has 1 aromatic carbocycles. The summed E-state index contributed by atoms with van der Waals surface area (Å²) in [6.07, 6.45) is 1.54. The summed E-state index contributed by atoms with van der Waals surface area (Å²) >= 11 is 1.29. The summed E-state index contributed by atoms with van der Waals surface area (Å²) in [4.78, 5) is 16.3. The number of benzene rings is 1. The molecule has 4 rings (SSSR count). The van der Waals surface area contributed by atoms with Crippen LogP contribution < -0.4 is 14.8 Å². The van der Waals surface area contributed by atoms with Crippen LogP contribution in [0.25, 0.3) is 10.6 Å². The van der Waals surface area contributed by atoms with Gasteiger partial charge in [-0.2, -0.15) is 0 Å². The van der Waals surface area contributed by atoms with Gasteiger partial charge >= 0.3 is 0 Å². The van der Waals surface area contributed by atoms with Crippen molar-refractivity contribution >= 4 is 22.4 Å². The number of carbonyl (C=O) groups excluding carboxylic acids is 1. The van der Waals surface area contributed by atoms with Gasteiger partial charge in [0.15, 0.2) is 11.5 Å². The smallest absolute Gasteiger partial charge is 0.259 e. The monoisotopic (exact) mass is 354 g/mol. The van der Waals surface area contributed by atoms with E-state index in [0.717, 1.165) is 17.0 Å². The maximum atomic E-state index is 12.2. The number of hydrogen-bond acceptors (Lipinski definition) is 7. The fraction of sp³-hybridized carbons (Fsp3) is 0.176. The molecule has 1 N–H and O–H groups in total. The molecule has 1 aliphatic rings. The van der Waals surface area contributed by atoms with Gasteiger partial charge in [0.1, 0.15) is 18.2 Å². The number of nitrogens with zero attached hydrogens (tertiary/aromatic N) is 3. The predicted molar refractivity (Wildman–Crippen MR) is 93.3 cm³/mol. The highest BCUT2D eigenvalue weighted by molar-refractivity contribution is 7.18. The van der Waals surface area contributed by atoms with E-state index in [-0.39, 0.29) is 5.91 Å². The van der Waals surface area contributed by atoms with E-state index in [1.54, 1.807) is 12.1 Å². The lowest BCUT2D eigenvalue weighted by molar-refractivity contribution is 0.102. The molecule has 1 aliphatic heterocycles. The molecule has 3 aromatic rings. The van der Waals surface area contributed by atoms with Gasteiger partial charge in [0.25, 0.3) is 5.91 Å². The molecule has 0 aliphatic carbocycles. The molecule has 8 heteroatoms. The van der Waals surface area contributed by atoms with Crippen LogP contribution in [0.4, 0.5) is 5.13 Å². The van der Waals surface area contributed by atoms with E-state index in [0.29, 0.717) is 34.7 Å². The molecule has 0 atom stereocenters. The quantitative estimate of drug-likeness (QED) is 0.778. The Labute approximate surface area is 147 Å². The third kappa shape index (κ3) is 3.29. The van der Waals surface area contributed by atoms with Gasteiger partial charge in [-0.25, -0.2) is 0 Å². The Morgan fingerprint density at radius 1 is 1.12 bits per heavy atom. The van der Waals surface area contributed by atoms with E-state index < -0.39 is 0 Å². The molecule has 126 valence electrons. The van der Waals surface area contributed by atoms with Crippen LogP contribution in [0.3, 0.4) is 0 Å². The minimum Gasteiger partial charge on any atom is -0.486 e. The molecule has 0 saturated carbocycles.